The second-order valence-electron chi connectivity index (χ2n) is 3.86. The fourth-order valence-electron chi connectivity index (χ4n) is 1.62. The van der Waals surface area contributed by atoms with Gasteiger partial charge in [0.2, 0.25) is 0 Å². The van der Waals surface area contributed by atoms with Crippen LogP contribution in [0.15, 0.2) is 24.3 Å². The van der Waals surface area contributed by atoms with Gasteiger partial charge in [0.15, 0.2) is 10.3 Å². The number of nitriles is 1. The van der Waals surface area contributed by atoms with E-state index >= 15 is 0 Å². The van der Waals surface area contributed by atoms with Crippen molar-refractivity contribution in [3.63, 3.8) is 0 Å². The van der Waals surface area contributed by atoms with E-state index in [1.165, 1.54) is 11.3 Å². The Morgan fingerprint density at radius 2 is 2.26 bits per heavy atom. The van der Waals surface area contributed by atoms with E-state index < -0.39 is 0 Å². The van der Waals surface area contributed by atoms with Gasteiger partial charge in [-0.15, -0.1) is 0 Å². The number of methoxy groups -OCH3 is 1. The minimum absolute atomic E-state index is 0.253. The molecule has 2 rings (SSSR count). The number of hydrogen-bond acceptors (Lipinski definition) is 5. The maximum atomic E-state index is 8.81. The van der Waals surface area contributed by atoms with Gasteiger partial charge in [-0.3, -0.25) is 0 Å². The van der Waals surface area contributed by atoms with Gasteiger partial charge in [0.05, 0.1) is 6.61 Å². The molecule has 1 N–H and O–H groups in total. The fourth-order valence-corrected chi connectivity index (χ4v) is 2.56. The molecule has 1 aromatic carbocycles. The van der Waals surface area contributed by atoms with E-state index in [1.54, 1.807) is 7.11 Å². The summed E-state index contributed by atoms with van der Waals surface area (Å²) in [6.07, 6.45) is 0. The van der Waals surface area contributed by atoms with Crippen molar-refractivity contribution >= 4 is 28.1 Å². The van der Waals surface area contributed by atoms with Crippen LogP contribution in [0.4, 0.5) is 5.13 Å². The third-order valence-electron chi connectivity index (χ3n) is 2.43. The van der Waals surface area contributed by atoms with Crippen LogP contribution in [-0.4, -0.2) is 12.1 Å². The van der Waals surface area contributed by atoms with Gasteiger partial charge in [-0.1, -0.05) is 47.2 Å². The van der Waals surface area contributed by atoms with Crippen LogP contribution in [0.1, 0.15) is 16.0 Å². The monoisotopic (exact) mass is 293 g/mol. The number of benzene rings is 1. The van der Waals surface area contributed by atoms with Gasteiger partial charge in [0.25, 0.3) is 0 Å². The molecule has 1 heterocycles. The Morgan fingerprint density at radius 3 is 2.95 bits per heavy atom. The minimum Gasteiger partial charge on any atom is -0.380 e. The third kappa shape index (κ3) is 3.67. The van der Waals surface area contributed by atoms with Gasteiger partial charge < -0.3 is 10.1 Å². The van der Waals surface area contributed by atoms with Crippen LogP contribution in [0.3, 0.4) is 0 Å². The molecule has 19 heavy (non-hydrogen) atoms. The number of aromatic nitrogens is 1. The van der Waals surface area contributed by atoms with E-state index in [2.05, 4.69) is 16.4 Å². The van der Waals surface area contributed by atoms with Crippen LogP contribution < -0.4 is 5.32 Å². The molecule has 0 saturated heterocycles. The normalized spacial score (nSPS) is 10.2. The first kappa shape index (κ1) is 13.8. The predicted molar refractivity (Wildman–Crippen MR) is 76.3 cm³/mol. The van der Waals surface area contributed by atoms with E-state index in [0.717, 1.165) is 11.1 Å². The summed E-state index contributed by atoms with van der Waals surface area (Å²) in [5, 5.41) is 12.9. The quantitative estimate of drug-likeness (QED) is 0.917. The first-order valence-electron chi connectivity index (χ1n) is 5.60. The van der Waals surface area contributed by atoms with Crippen molar-refractivity contribution in [3.05, 3.63) is 45.4 Å². The number of anilines is 1. The Balaban J connectivity index is 2.01. The second-order valence-corrected chi connectivity index (χ2v) is 5.21. The number of hydrogen-bond donors (Lipinski definition) is 1. The van der Waals surface area contributed by atoms with Crippen LogP contribution in [0.5, 0.6) is 0 Å². The molecule has 0 radical (unpaired) electrons. The molecule has 1 aromatic heterocycles. The lowest BCUT2D eigenvalue weighted by Gasteiger charge is -2.05. The van der Waals surface area contributed by atoms with Crippen LogP contribution in [0, 0.1) is 11.3 Å². The van der Waals surface area contributed by atoms with Crippen molar-refractivity contribution < 1.29 is 4.74 Å². The number of ether oxygens (including phenoxy) is 1. The van der Waals surface area contributed by atoms with Crippen LogP contribution in [0.2, 0.25) is 5.15 Å². The van der Waals surface area contributed by atoms with Gasteiger partial charge in [0, 0.05) is 13.7 Å². The van der Waals surface area contributed by atoms with Crippen molar-refractivity contribution in [1.29, 1.82) is 5.26 Å². The Labute approximate surface area is 120 Å². The standard InChI is InChI=1S/C13H12ClN3OS/c1-18-8-10-4-2-3-9(5-10)7-16-13-17-12(14)11(6-15)19-13/h2-5H,7-8H2,1H3,(H,16,17). The Hall–Kier alpha value is -1.61. The van der Waals surface area contributed by atoms with Crippen molar-refractivity contribution in [2.24, 2.45) is 0 Å². The lowest BCUT2D eigenvalue weighted by atomic mass is 10.1. The van der Waals surface area contributed by atoms with Crippen LogP contribution >= 0.6 is 22.9 Å². The highest BCUT2D eigenvalue weighted by atomic mass is 35.5. The molecule has 0 unspecified atom stereocenters. The first-order valence-corrected chi connectivity index (χ1v) is 6.79. The SMILES string of the molecule is COCc1cccc(CNc2nc(Cl)c(C#N)s2)c1. The van der Waals surface area contributed by atoms with Crippen molar-refractivity contribution in [3.8, 4) is 6.07 Å². The summed E-state index contributed by atoms with van der Waals surface area (Å²) in [6, 6.07) is 10.1. The fraction of sp³-hybridized carbons (Fsp3) is 0.231. The molecule has 6 heteroatoms. The molecule has 0 saturated carbocycles. The van der Waals surface area contributed by atoms with E-state index in [4.69, 9.17) is 21.6 Å². The van der Waals surface area contributed by atoms with E-state index in [9.17, 15) is 0 Å². The summed E-state index contributed by atoms with van der Waals surface area (Å²) in [5.41, 5.74) is 2.25. The van der Waals surface area contributed by atoms with E-state index in [0.29, 0.717) is 23.2 Å². The molecule has 98 valence electrons. The van der Waals surface area contributed by atoms with E-state index in [1.807, 2.05) is 24.3 Å². The largest absolute Gasteiger partial charge is 0.380 e. The zero-order chi connectivity index (χ0) is 13.7. The van der Waals surface area contributed by atoms with Crippen LogP contribution in [-0.2, 0) is 17.9 Å². The molecule has 0 aliphatic heterocycles. The van der Waals surface area contributed by atoms with Gasteiger partial charge in [-0.25, -0.2) is 4.98 Å². The molecular weight excluding hydrogens is 282 g/mol. The van der Waals surface area contributed by atoms with Gasteiger partial charge in [-0.2, -0.15) is 5.26 Å². The smallest absolute Gasteiger partial charge is 0.185 e. The van der Waals surface area contributed by atoms with Crippen molar-refractivity contribution in [1.82, 2.24) is 4.98 Å². The molecule has 0 aliphatic carbocycles. The lowest BCUT2D eigenvalue weighted by molar-refractivity contribution is 0.185. The average molecular weight is 294 g/mol. The molecule has 0 amide bonds. The van der Waals surface area contributed by atoms with Crippen molar-refractivity contribution in [2.45, 2.75) is 13.2 Å². The zero-order valence-electron chi connectivity index (χ0n) is 10.3. The summed E-state index contributed by atoms with van der Waals surface area (Å²) in [4.78, 5) is 4.51. The topological polar surface area (TPSA) is 57.9 Å². The second kappa shape index (κ2) is 6.53. The number of halogens is 1. The molecule has 2 aromatic rings. The molecule has 0 atom stereocenters. The Morgan fingerprint density at radius 1 is 1.47 bits per heavy atom. The lowest BCUT2D eigenvalue weighted by Crippen LogP contribution is -1.99. The summed E-state index contributed by atoms with van der Waals surface area (Å²) < 4.78 is 5.10. The Kier molecular flexibility index (Phi) is 4.74. The minimum atomic E-state index is 0.253. The van der Waals surface area contributed by atoms with Crippen molar-refractivity contribution in [2.75, 3.05) is 12.4 Å². The van der Waals surface area contributed by atoms with Gasteiger partial charge >= 0.3 is 0 Å². The first-order chi connectivity index (χ1) is 9.22. The molecule has 0 aliphatic rings. The summed E-state index contributed by atoms with van der Waals surface area (Å²) >= 11 is 7.07. The number of nitrogens with one attached hydrogen (secondary N) is 1. The molecule has 0 fully saturated rings. The van der Waals surface area contributed by atoms with Gasteiger partial charge in [0.1, 0.15) is 10.9 Å². The van der Waals surface area contributed by atoms with Gasteiger partial charge in [-0.05, 0) is 11.1 Å². The van der Waals surface area contributed by atoms with Crippen LogP contribution in [0.25, 0.3) is 0 Å². The molecule has 0 bridgehead atoms. The average Bonchev–Trinajstić information content (AvgIpc) is 2.78. The number of rotatable bonds is 5. The highest BCUT2D eigenvalue weighted by Gasteiger charge is 2.08. The zero-order valence-corrected chi connectivity index (χ0v) is 11.9. The highest BCUT2D eigenvalue weighted by Crippen LogP contribution is 2.26. The summed E-state index contributed by atoms with van der Waals surface area (Å²) in [6.45, 7) is 1.22. The molecule has 0 spiro atoms. The Bertz CT molecular complexity index is 606. The van der Waals surface area contributed by atoms with E-state index in [-0.39, 0.29) is 5.15 Å². The number of thiazole rings is 1. The highest BCUT2D eigenvalue weighted by molar-refractivity contribution is 7.16. The molecule has 4 nitrogen and oxygen atoms in total. The summed E-state index contributed by atoms with van der Waals surface area (Å²) in [5.74, 6) is 0. The predicted octanol–water partition coefficient (Wildman–Crippen LogP) is 3.43. The number of nitrogens with zero attached hydrogens (tertiary/aromatic N) is 2. The molecular formula is C13H12ClN3OS. The third-order valence-corrected chi connectivity index (χ3v) is 3.74. The summed E-state index contributed by atoms with van der Waals surface area (Å²) in [7, 11) is 1.67. The maximum absolute atomic E-state index is 8.81. The maximum Gasteiger partial charge on any atom is 0.185 e.